The Morgan fingerprint density at radius 2 is 2.07 bits per heavy atom. The first-order valence-electron chi connectivity index (χ1n) is 3.60. The van der Waals surface area contributed by atoms with Gasteiger partial charge in [0.2, 0.25) is 6.29 Å². The Balaban J connectivity index is 3.03. The SMILES string of the molecule is O=[C]CSc1nc(C(=O)O)c(C(=O)O)[nH]1. The molecule has 1 rings (SSSR count). The molecule has 0 saturated heterocycles. The molecule has 8 heteroatoms. The molecular weight excluding hydrogens is 224 g/mol. The van der Waals surface area contributed by atoms with Crippen LogP contribution < -0.4 is 0 Å². The lowest BCUT2D eigenvalue weighted by Crippen LogP contribution is -2.07. The summed E-state index contributed by atoms with van der Waals surface area (Å²) in [5.74, 6) is -2.90. The smallest absolute Gasteiger partial charge is 0.357 e. The Bertz CT molecular complexity index is 382. The van der Waals surface area contributed by atoms with E-state index in [1.807, 2.05) is 0 Å². The number of nitrogens with zero attached hydrogens (tertiary/aromatic N) is 1. The van der Waals surface area contributed by atoms with E-state index in [9.17, 15) is 14.4 Å². The molecule has 0 aromatic carbocycles. The molecule has 1 aromatic heterocycles. The Morgan fingerprint density at radius 1 is 1.40 bits per heavy atom. The second-order valence-corrected chi connectivity index (χ2v) is 3.27. The van der Waals surface area contributed by atoms with Crippen LogP contribution in [0.4, 0.5) is 0 Å². The van der Waals surface area contributed by atoms with Gasteiger partial charge in [0.05, 0.1) is 5.75 Å². The minimum atomic E-state index is -1.44. The molecule has 1 aromatic rings. The summed E-state index contributed by atoms with van der Waals surface area (Å²) < 4.78 is 0. The van der Waals surface area contributed by atoms with Crippen molar-refractivity contribution in [3.63, 3.8) is 0 Å². The van der Waals surface area contributed by atoms with Crippen LogP contribution in [0.5, 0.6) is 0 Å². The molecule has 0 atom stereocenters. The second-order valence-electron chi connectivity index (χ2n) is 2.31. The molecule has 79 valence electrons. The predicted molar refractivity (Wildman–Crippen MR) is 48.9 cm³/mol. The monoisotopic (exact) mass is 229 g/mol. The van der Waals surface area contributed by atoms with Gasteiger partial charge in [-0.15, -0.1) is 0 Å². The van der Waals surface area contributed by atoms with Crippen molar-refractivity contribution >= 4 is 30.0 Å². The number of thioether (sulfide) groups is 1. The maximum Gasteiger partial charge on any atom is 0.357 e. The number of nitrogens with one attached hydrogen (secondary N) is 1. The standard InChI is InChI=1S/C7H5N2O5S/c10-1-2-15-7-8-3(5(11)12)4(9-7)6(13)14/h2H2,(H,8,9)(H,11,12)(H,13,14). The largest absolute Gasteiger partial charge is 0.477 e. The number of carbonyl (C=O) groups excluding carboxylic acids is 1. The van der Waals surface area contributed by atoms with Gasteiger partial charge in [-0.1, -0.05) is 11.8 Å². The van der Waals surface area contributed by atoms with E-state index in [-0.39, 0.29) is 10.9 Å². The van der Waals surface area contributed by atoms with E-state index in [0.717, 1.165) is 11.8 Å². The molecule has 0 saturated carbocycles. The van der Waals surface area contributed by atoms with E-state index >= 15 is 0 Å². The Morgan fingerprint density at radius 3 is 2.47 bits per heavy atom. The number of aromatic amines is 1. The van der Waals surface area contributed by atoms with Crippen molar-refractivity contribution in [3.05, 3.63) is 11.4 Å². The van der Waals surface area contributed by atoms with Gasteiger partial charge in [-0.2, -0.15) is 0 Å². The topological polar surface area (TPSA) is 120 Å². The van der Waals surface area contributed by atoms with Crippen molar-refractivity contribution in [2.45, 2.75) is 5.16 Å². The second kappa shape index (κ2) is 4.60. The highest BCUT2D eigenvalue weighted by Crippen LogP contribution is 2.16. The average Bonchev–Trinajstić information content (AvgIpc) is 2.58. The zero-order valence-corrected chi connectivity index (χ0v) is 8.00. The van der Waals surface area contributed by atoms with Crippen LogP contribution in [0.2, 0.25) is 0 Å². The van der Waals surface area contributed by atoms with Crippen molar-refractivity contribution in [3.8, 4) is 0 Å². The van der Waals surface area contributed by atoms with Crippen molar-refractivity contribution < 1.29 is 24.6 Å². The highest BCUT2D eigenvalue weighted by atomic mass is 32.2. The van der Waals surface area contributed by atoms with Gasteiger partial charge in [-0.3, -0.25) is 4.79 Å². The number of hydrogen-bond donors (Lipinski definition) is 3. The van der Waals surface area contributed by atoms with Crippen LogP contribution in [0.1, 0.15) is 21.0 Å². The number of aromatic carboxylic acids is 2. The number of H-pyrrole nitrogens is 1. The molecule has 0 amide bonds. The van der Waals surface area contributed by atoms with Gasteiger partial charge in [-0.25, -0.2) is 14.6 Å². The molecule has 7 nitrogen and oxygen atoms in total. The van der Waals surface area contributed by atoms with E-state index in [4.69, 9.17) is 10.2 Å². The minimum Gasteiger partial charge on any atom is -0.477 e. The number of hydrogen-bond acceptors (Lipinski definition) is 5. The molecule has 0 unspecified atom stereocenters. The predicted octanol–water partition coefficient (Wildman–Crippen LogP) is 0.00790. The maximum absolute atomic E-state index is 10.6. The Kier molecular flexibility index (Phi) is 3.45. The van der Waals surface area contributed by atoms with Crippen molar-refractivity contribution in [1.82, 2.24) is 9.97 Å². The fourth-order valence-electron chi connectivity index (χ4n) is 0.827. The molecule has 1 heterocycles. The lowest BCUT2D eigenvalue weighted by Gasteiger charge is -1.88. The van der Waals surface area contributed by atoms with Crippen LogP contribution in [0.3, 0.4) is 0 Å². The summed E-state index contributed by atoms with van der Waals surface area (Å²) in [6, 6.07) is 0. The normalized spacial score (nSPS) is 9.87. The maximum atomic E-state index is 10.6. The summed E-state index contributed by atoms with van der Waals surface area (Å²) >= 11 is 0.873. The summed E-state index contributed by atoms with van der Waals surface area (Å²) in [5.41, 5.74) is -1.08. The van der Waals surface area contributed by atoms with Gasteiger partial charge in [0.1, 0.15) is 0 Å². The van der Waals surface area contributed by atoms with Crippen LogP contribution >= 0.6 is 11.8 Å². The fraction of sp³-hybridized carbons (Fsp3) is 0.143. The van der Waals surface area contributed by atoms with Crippen LogP contribution in [0.15, 0.2) is 5.16 Å². The van der Waals surface area contributed by atoms with Crippen LogP contribution in [0.25, 0.3) is 0 Å². The third-order valence-electron chi connectivity index (χ3n) is 1.37. The van der Waals surface area contributed by atoms with Gasteiger partial charge >= 0.3 is 11.9 Å². The van der Waals surface area contributed by atoms with E-state index in [1.54, 1.807) is 6.29 Å². The van der Waals surface area contributed by atoms with E-state index in [2.05, 4.69) is 9.97 Å². The highest BCUT2D eigenvalue weighted by molar-refractivity contribution is 7.99. The number of carboxylic acid groups (broad SMARTS) is 2. The van der Waals surface area contributed by atoms with Gasteiger partial charge < -0.3 is 15.2 Å². The lowest BCUT2D eigenvalue weighted by molar-refractivity contribution is 0.0644. The van der Waals surface area contributed by atoms with Crippen molar-refractivity contribution in [2.24, 2.45) is 0 Å². The molecule has 1 radical (unpaired) electrons. The summed E-state index contributed by atoms with van der Waals surface area (Å²) in [5, 5.41) is 17.3. The number of carbonyl (C=O) groups is 2. The van der Waals surface area contributed by atoms with Crippen LogP contribution in [-0.4, -0.2) is 44.2 Å². The third kappa shape index (κ3) is 2.56. The number of rotatable bonds is 5. The fourth-order valence-corrected chi connectivity index (χ4v) is 1.35. The molecule has 0 fully saturated rings. The molecule has 0 aliphatic carbocycles. The van der Waals surface area contributed by atoms with Crippen molar-refractivity contribution in [2.75, 3.05) is 5.75 Å². The average molecular weight is 229 g/mol. The Labute approximate surface area is 87.5 Å². The molecule has 3 N–H and O–H groups in total. The van der Waals surface area contributed by atoms with Gasteiger partial charge in [-0.05, 0) is 0 Å². The van der Waals surface area contributed by atoms with E-state index in [0.29, 0.717) is 0 Å². The summed E-state index contributed by atoms with van der Waals surface area (Å²) in [6.45, 7) is 0. The molecule has 15 heavy (non-hydrogen) atoms. The van der Waals surface area contributed by atoms with Gasteiger partial charge in [0.25, 0.3) is 0 Å². The molecular formula is C7H5N2O5S. The number of carboxylic acids is 2. The Hall–Kier alpha value is -1.83. The van der Waals surface area contributed by atoms with Crippen LogP contribution in [-0.2, 0) is 4.79 Å². The summed E-state index contributed by atoms with van der Waals surface area (Å²) in [4.78, 5) is 36.9. The molecule has 0 aliphatic heterocycles. The van der Waals surface area contributed by atoms with Gasteiger partial charge in [0, 0.05) is 0 Å². The zero-order chi connectivity index (χ0) is 11.4. The molecule has 0 aliphatic rings. The van der Waals surface area contributed by atoms with Crippen LogP contribution in [0, 0.1) is 0 Å². The first-order valence-corrected chi connectivity index (χ1v) is 4.59. The number of aromatic nitrogens is 2. The lowest BCUT2D eigenvalue weighted by atomic mass is 10.3. The summed E-state index contributed by atoms with van der Waals surface area (Å²) in [7, 11) is 0. The third-order valence-corrected chi connectivity index (χ3v) is 2.10. The first kappa shape index (κ1) is 11.2. The van der Waals surface area contributed by atoms with Crippen molar-refractivity contribution in [1.29, 1.82) is 0 Å². The zero-order valence-electron chi connectivity index (χ0n) is 7.18. The van der Waals surface area contributed by atoms with E-state index in [1.165, 1.54) is 0 Å². The van der Waals surface area contributed by atoms with E-state index < -0.39 is 23.3 Å². The molecule has 0 spiro atoms. The molecule has 0 bridgehead atoms. The minimum absolute atomic E-state index is 0.0500. The highest BCUT2D eigenvalue weighted by Gasteiger charge is 2.21. The number of imidazole rings is 1. The summed E-state index contributed by atoms with van der Waals surface area (Å²) in [6.07, 6.45) is 1.56. The quantitative estimate of drug-likeness (QED) is 0.608. The first-order chi connectivity index (χ1) is 7.06. The van der Waals surface area contributed by atoms with Gasteiger partial charge in [0.15, 0.2) is 16.5 Å².